The number of methoxy groups -OCH3 is 1. The minimum atomic E-state index is 0.508. The molecule has 0 radical (unpaired) electrons. The highest BCUT2D eigenvalue weighted by Crippen LogP contribution is 2.34. The van der Waals surface area contributed by atoms with Gasteiger partial charge in [0.1, 0.15) is 6.61 Å². The van der Waals surface area contributed by atoms with Gasteiger partial charge in [0.25, 0.3) is 0 Å². The number of fused-ring (bicyclic) bond motifs is 1. The van der Waals surface area contributed by atoms with Crippen molar-refractivity contribution >= 4 is 23.1 Å². The molecule has 1 heterocycles. The Balaban J connectivity index is 1.64. The third-order valence-electron chi connectivity index (χ3n) is 4.85. The number of hydrogen-bond donors (Lipinski definition) is 0. The van der Waals surface area contributed by atoms with Gasteiger partial charge in [-0.15, -0.1) is 0 Å². The summed E-state index contributed by atoms with van der Waals surface area (Å²) in [5.41, 5.74) is 4.54. The molecular weight excluding hydrogens is 346 g/mol. The summed E-state index contributed by atoms with van der Waals surface area (Å²) in [6.45, 7) is 0.508. The van der Waals surface area contributed by atoms with Crippen molar-refractivity contribution in [3.63, 3.8) is 0 Å². The molecular formula is C25H23NO2. The summed E-state index contributed by atoms with van der Waals surface area (Å²) in [6.07, 6.45) is 4.25. The fraction of sp³-hybridized carbons (Fsp3) is 0.120. The fourth-order valence-electron chi connectivity index (χ4n) is 3.28. The van der Waals surface area contributed by atoms with Crippen LogP contribution in [-0.4, -0.2) is 11.7 Å². The van der Waals surface area contributed by atoms with E-state index < -0.39 is 0 Å². The number of ether oxygens (including phenoxy) is 2. The van der Waals surface area contributed by atoms with Crippen LogP contribution in [-0.2, 0) is 13.7 Å². The first-order valence-corrected chi connectivity index (χ1v) is 9.32. The van der Waals surface area contributed by atoms with E-state index in [4.69, 9.17) is 9.47 Å². The lowest BCUT2D eigenvalue weighted by atomic mass is 10.2. The highest BCUT2D eigenvalue weighted by molar-refractivity contribution is 5.88. The summed E-state index contributed by atoms with van der Waals surface area (Å²) in [5.74, 6) is 1.49. The van der Waals surface area contributed by atoms with Crippen LogP contribution >= 0.6 is 0 Å². The van der Waals surface area contributed by atoms with Crippen LogP contribution in [0.25, 0.3) is 23.1 Å². The molecule has 0 saturated carbocycles. The van der Waals surface area contributed by atoms with Gasteiger partial charge in [-0.1, -0.05) is 66.7 Å². The van der Waals surface area contributed by atoms with Crippen LogP contribution in [0, 0.1) is 0 Å². The third-order valence-corrected chi connectivity index (χ3v) is 4.85. The van der Waals surface area contributed by atoms with Gasteiger partial charge in [-0.2, -0.15) is 0 Å². The summed E-state index contributed by atoms with van der Waals surface area (Å²) < 4.78 is 13.8. The fourth-order valence-corrected chi connectivity index (χ4v) is 3.28. The average molecular weight is 369 g/mol. The van der Waals surface area contributed by atoms with Gasteiger partial charge in [0.2, 0.25) is 0 Å². The number of aryl methyl sites for hydroxylation is 1. The van der Waals surface area contributed by atoms with Crippen molar-refractivity contribution in [1.29, 1.82) is 0 Å². The van der Waals surface area contributed by atoms with Gasteiger partial charge >= 0.3 is 0 Å². The normalized spacial score (nSPS) is 11.2. The molecule has 0 N–H and O–H groups in total. The molecule has 0 unspecified atom stereocenters. The summed E-state index contributed by atoms with van der Waals surface area (Å²) in [4.78, 5) is 0. The van der Waals surface area contributed by atoms with Gasteiger partial charge < -0.3 is 14.0 Å². The Morgan fingerprint density at radius 1 is 0.821 bits per heavy atom. The van der Waals surface area contributed by atoms with Crippen LogP contribution in [0.1, 0.15) is 16.8 Å². The molecule has 0 aliphatic heterocycles. The topological polar surface area (TPSA) is 23.4 Å². The van der Waals surface area contributed by atoms with Crippen LogP contribution < -0.4 is 9.47 Å². The first-order valence-electron chi connectivity index (χ1n) is 9.32. The standard InChI is InChI=1S/C25H23NO2/c1-26-22(14-13-19-9-5-3-6-10-19)15-21-16-24(27-2)25(17-23(21)26)28-18-20-11-7-4-8-12-20/h3-17H,18H2,1-2H3/b14-13+. The molecule has 140 valence electrons. The van der Waals surface area contributed by atoms with Gasteiger partial charge in [-0.25, -0.2) is 0 Å². The maximum absolute atomic E-state index is 6.06. The minimum absolute atomic E-state index is 0.508. The van der Waals surface area contributed by atoms with Crippen molar-refractivity contribution in [2.45, 2.75) is 6.61 Å². The third kappa shape index (κ3) is 3.79. The molecule has 28 heavy (non-hydrogen) atoms. The van der Waals surface area contributed by atoms with Gasteiger partial charge in [-0.3, -0.25) is 0 Å². The monoisotopic (exact) mass is 369 g/mol. The highest BCUT2D eigenvalue weighted by Gasteiger charge is 2.11. The maximum atomic E-state index is 6.06. The molecule has 4 rings (SSSR count). The van der Waals surface area contributed by atoms with E-state index in [9.17, 15) is 0 Å². The van der Waals surface area contributed by atoms with E-state index in [1.54, 1.807) is 7.11 Å². The Bertz CT molecular complexity index is 1100. The molecule has 3 nitrogen and oxygen atoms in total. The Morgan fingerprint density at radius 2 is 1.54 bits per heavy atom. The van der Waals surface area contributed by atoms with Crippen LogP contribution in [0.5, 0.6) is 11.5 Å². The molecule has 4 aromatic rings. The summed E-state index contributed by atoms with van der Waals surface area (Å²) in [6, 6.07) is 26.7. The largest absolute Gasteiger partial charge is 0.493 e. The van der Waals surface area contributed by atoms with Gasteiger partial charge in [0, 0.05) is 24.2 Å². The molecule has 0 atom stereocenters. The zero-order valence-electron chi connectivity index (χ0n) is 16.1. The average Bonchev–Trinajstić information content (AvgIpc) is 3.06. The first-order chi connectivity index (χ1) is 13.7. The molecule has 0 amide bonds. The van der Waals surface area contributed by atoms with Crippen molar-refractivity contribution in [2.75, 3.05) is 7.11 Å². The molecule has 0 spiro atoms. The lowest BCUT2D eigenvalue weighted by molar-refractivity contribution is 0.285. The van der Waals surface area contributed by atoms with Gasteiger partial charge in [-0.05, 0) is 29.3 Å². The Kier molecular flexibility index (Phi) is 5.16. The van der Waals surface area contributed by atoms with Crippen LogP contribution in [0.4, 0.5) is 0 Å². The Hall–Kier alpha value is -3.46. The van der Waals surface area contributed by atoms with E-state index in [2.05, 4.69) is 60.2 Å². The molecule has 0 aliphatic rings. The van der Waals surface area contributed by atoms with E-state index >= 15 is 0 Å². The first kappa shape index (κ1) is 17.9. The van der Waals surface area contributed by atoms with E-state index in [0.717, 1.165) is 33.7 Å². The van der Waals surface area contributed by atoms with E-state index in [1.807, 2.05) is 42.5 Å². The van der Waals surface area contributed by atoms with Gasteiger partial charge in [0.15, 0.2) is 11.5 Å². The smallest absolute Gasteiger partial charge is 0.163 e. The zero-order chi connectivity index (χ0) is 19.3. The minimum Gasteiger partial charge on any atom is -0.493 e. The zero-order valence-corrected chi connectivity index (χ0v) is 16.1. The molecule has 1 aromatic heterocycles. The molecule has 3 heteroatoms. The predicted octanol–water partition coefficient (Wildman–Crippen LogP) is 5.94. The molecule has 0 aliphatic carbocycles. The Morgan fingerprint density at radius 3 is 2.25 bits per heavy atom. The quantitative estimate of drug-likeness (QED) is 0.420. The molecule has 0 bridgehead atoms. The van der Waals surface area contributed by atoms with Crippen molar-refractivity contribution < 1.29 is 9.47 Å². The lowest BCUT2D eigenvalue weighted by Crippen LogP contribution is -1.98. The lowest BCUT2D eigenvalue weighted by Gasteiger charge is -2.12. The van der Waals surface area contributed by atoms with E-state index in [-0.39, 0.29) is 0 Å². The Labute approximate surface area is 165 Å². The number of benzene rings is 3. The molecule has 3 aromatic carbocycles. The summed E-state index contributed by atoms with van der Waals surface area (Å²) in [7, 11) is 3.75. The highest BCUT2D eigenvalue weighted by atomic mass is 16.5. The van der Waals surface area contributed by atoms with Crippen molar-refractivity contribution in [3.8, 4) is 11.5 Å². The van der Waals surface area contributed by atoms with Crippen LogP contribution in [0.3, 0.4) is 0 Å². The van der Waals surface area contributed by atoms with Crippen molar-refractivity contribution in [1.82, 2.24) is 4.57 Å². The van der Waals surface area contributed by atoms with Crippen LogP contribution in [0.2, 0.25) is 0 Å². The second-order valence-corrected chi connectivity index (χ2v) is 6.71. The number of hydrogen-bond acceptors (Lipinski definition) is 2. The SMILES string of the molecule is COc1cc2cc(/C=C/c3ccccc3)n(C)c2cc1OCc1ccccc1. The molecule has 0 saturated heterocycles. The number of aromatic nitrogens is 1. The second kappa shape index (κ2) is 8.05. The number of nitrogens with zero attached hydrogens (tertiary/aromatic N) is 1. The summed E-state index contributed by atoms with van der Waals surface area (Å²) >= 11 is 0. The van der Waals surface area contributed by atoms with Crippen molar-refractivity contribution in [3.05, 3.63) is 95.7 Å². The number of rotatable bonds is 6. The maximum Gasteiger partial charge on any atom is 0.163 e. The van der Waals surface area contributed by atoms with Crippen LogP contribution in [0.15, 0.2) is 78.9 Å². The second-order valence-electron chi connectivity index (χ2n) is 6.71. The van der Waals surface area contributed by atoms with E-state index in [1.165, 1.54) is 5.56 Å². The van der Waals surface area contributed by atoms with Gasteiger partial charge in [0.05, 0.1) is 12.6 Å². The van der Waals surface area contributed by atoms with Crippen molar-refractivity contribution in [2.24, 2.45) is 7.05 Å². The predicted molar refractivity (Wildman–Crippen MR) is 116 cm³/mol. The summed E-state index contributed by atoms with van der Waals surface area (Å²) in [5, 5.41) is 1.12. The molecule has 0 fully saturated rings. The van der Waals surface area contributed by atoms with E-state index in [0.29, 0.717) is 6.61 Å².